The Hall–Kier alpha value is -3.82. The number of piperidine rings is 1. The minimum absolute atomic E-state index is 0.0737. The molecule has 1 saturated heterocycles. The van der Waals surface area contributed by atoms with Gasteiger partial charge in [0.05, 0.1) is 4.92 Å². The second-order valence-electron chi connectivity index (χ2n) is 7.17. The third kappa shape index (κ3) is 3.97. The van der Waals surface area contributed by atoms with E-state index in [0.29, 0.717) is 18.8 Å². The fourth-order valence-electron chi connectivity index (χ4n) is 3.64. The number of nitro benzene ring substituents is 1. The molecule has 0 amide bonds. The van der Waals surface area contributed by atoms with Crippen LogP contribution in [0.15, 0.2) is 48.9 Å². The van der Waals surface area contributed by atoms with Gasteiger partial charge in [-0.05, 0) is 37.1 Å². The van der Waals surface area contributed by atoms with Gasteiger partial charge in [-0.3, -0.25) is 14.9 Å². The highest BCUT2D eigenvalue weighted by Gasteiger charge is 2.27. The number of aryl methyl sites for hydroxylation is 1. The maximum atomic E-state index is 12.7. The quantitative estimate of drug-likeness (QED) is 0.376. The van der Waals surface area contributed by atoms with Crippen molar-refractivity contribution in [2.75, 3.05) is 23.3 Å². The summed E-state index contributed by atoms with van der Waals surface area (Å²) in [6.45, 7) is 1.32. The number of carbonyl (C=O) groups excluding carboxylic acids is 1. The van der Waals surface area contributed by atoms with Gasteiger partial charge in [0.1, 0.15) is 11.5 Å². The van der Waals surface area contributed by atoms with Crippen LogP contribution in [0.4, 0.5) is 17.2 Å². The highest BCUT2D eigenvalue weighted by Crippen LogP contribution is 2.32. The SMILES string of the molecule is Cn1ccnc1C(=O)c1ccc(N2CCC(Nc3cccnn3)CC2)c([N+](=O)[O-])c1. The van der Waals surface area contributed by atoms with E-state index in [-0.39, 0.29) is 28.9 Å². The smallest absolute Gasteiger partial charge is 0.293 e. The Kier molecular flexibility index (Phi) is 5.38. The van der Waals surface area contributed by atoms with Gasteiger partial charge in [-0.15, -0.1) is 5.10 Å². The number of anilines is 2. The van der Waals surface area contributed by atoms with E-state index in [1.807, 2.05) is 17.0 Å². The molecule has 0 radical (unpaired) electrons. The molecule has 1 fully saturated rings. The Morgan fingerprint density at radius 3 is 2.67 bits per heavy atom. The number of benzene rings is 1. The number of ketones is 1. The van der Waals surface area contributed by atoms with Crippen molar-refractivity contribution in [3.63, 3.8) is 0 Å². The molecule has 3 aromatic rings. The zero-order valence-electron chi connectivity index (χ0n) is 16.4. The van der Waals surface area contributed by atoms with Crippen molar-refractivity contribution >= 4 is 23.0 Å². The van der Waals surface area contributed by atoms with Gasteiger partial charge in [0, 0.05) is 56.4 Å². The van der Waals surface area contributed by atoms with Crippen LogP contribution in [-0.2, 0) is 7.05 Å². The second-order valence-corrected chi connectivity index (χ2v) is 7.17. The highest BCUT2D eigenvalue weighted by molar-refractivity contribution is 6.07. The maximum absolute atomic E-state index is 12.7. The van der Waals surface area contributed by atoms with Crippen molar-refractivity contribution in [3.8, 4) is 0 Å². The lowest BCUT2D eigenvalue weighted by Crippen LogP contribution is -2.39. The summed E-state index contributed by atoms with van der Waals surface area (Å²) in [7, 11) is 1.71. The summed E-state index contributed by atoms with van der Waals surface area (Å²) in [4.78, 5) is 30.0. The van der Waals surface area contributed by atoms with E-state index >= 15 is 0 Å². The number of hydrogen-bond donors (Lipinski definition) is 1. The van der Waals surface area contributed by atoms with E-state index in [9.17, 15) is 14.9 Å². The zero-order valence-corrected chi connectivity index (χ0v) is 16.4. The third-order valence-corrected chi connectivity index (χ3v) is 5.22. The second kappa shape index (κ2) is 8.27. The molecule has 1 aromatic carbocycles. The van der Waals surface area contributed by atoms with Gasteiger partial charge in [0.25, 0.3) is 5.69 Å². The predicted octanol–water partition coefficient (Wildman–Crippen LogP) is 2.43. The summed E-state index contributed by atoms with van der Waals surface area (Å²) < 4.78 is 1.59. The van der Waals surface area contributed by atoms with E-state index < -0.39 is 4.92 Å². The van der Waals surface area contributed by atoms with Gasteiger partial charge in [-0.2, -0.15) is 5.10 Å². The molecule has 10 nitrogen and oxygen atoms in total. The van der Waals surface area contributed by atoms with Gasteiger partial charge in [0.15, 0.2) is 5.82 Å². The number of nitrogens with one attached hydrogen (secondary N) is 1. The van der Waals surface area contributed by atoms with Crippen LogP contribution in [0.3, 0.4) is 0 Å². The molecule has 0 spiro atoms. The minimum Gasteiger partial charge on any atom is -0.366 e. The van der Waals surface area contributed by atoms with E-state index in [4.69, 9.17) is 0 Å². The molecule has 1 N–H and O–H groups in total. The first-order valence-electron chi connectivity index (χ1n) is 9.62. The maximum Gasteiger partial charge on any atom is 0.293 e. The average molecular weight is 407 g/mol. The van der Waals surface area contributed by atoms with E-state index in [0.717, 1.165) is 18.7 Å². The highest BCUT2D eigenvalue weighted by atomic mass is 16.6. The van der Waals surface area contributed by atoms with Crippen molar-refractivity contribution in [1.82, 2.24) is 19.7 Å². The minimum atomic E-state index is -0.436. The normalized spacial score (nSPS) is 14.5. The molecule has 0 atom stereocenters. The number of imidazole rings is 1. The third-order valence-electron chi connectivity index (χ3n) is 5.22. The van der Waals surface area contributed by atoms with Gasteiger partial charge >= 0.3 is 0 Å². The van der Waals surface area contributed by atoms with E-state index in [1.54, 1.807) is 36.1 Å². The Bertz CT molecular complexity index is 1060. The Balaban J connectivity index is 1.50. The first-order chi connectivity index (χ1) is 14.5. The van der Waals surface area contributed by atoms with Gasteiger partial charge in [-0.1, -0.05) is 0 Å². The molecule has 1 aliphatic rings. The molecular weight excluding hydrogens is 386 g/mol. The van der Waals surface area contributed by atoms with Crippen molar-refractivity contribution in [3.05, 3.63) is 70.4 Å². The number of aromatic nitrogens is 4. The van der Waals surface area contributed by atoms with Crippen molar-refractivity contribution < 1.29 is 9.72 Å². The van der Waals surface area contributed by atoms with E-state index in [1.165, 1.54) is 12.3 Å². The summed E-state index contributed by atoms with van der Waals surface area (Å²) in [5.74, 6) is 0.621. The van der Waals surface area contributed by atoms with Gasteiger partial charge < -0.3 is 14.8 Å². The van der Waals surface area contributed by atoms with Crippen molar-refractivity contribution in [2.45, 2.75) is 18.9 Å². The largest absolute Gasteiger partial charge is 0.366 e. The topological polar surface area (TPSA) is 119 Å². The fourth-order valence-corrected chi connectivity index (χ4v) is 3.64. The fraction of sp³-hybridized carbons (Fsp3) is 0.300. The molecule has 154 valence electrons. The molecule has 2 aromatic heterocycles. The lowest BCUT2D eigenvalue weighted by atomic mass is 10.0. The van der Waals surface area contributed by atoms with Crippen molar-refractivity contribution in [2.24, 2.45) is 7.05 Å². The van der Waals surface area contributed by atoms with Crippen LogP contribution in [0.5, 0.6) is 0 Å². The van der Waals surface area contributed by atoms with Crippen LogP contribution in [-0.4, -0.2) is 49.6 Å². The number of nitrogens with zero attached hydrogens (tertiary/aromatic N) is 6. The molecule has 1 aliphatic heterocycles. The summed E-state index contributed by atoms with van der Waals surface area (Å²) in [6.07, 6.45) is 6.42. The Morgan fingerprint density at radius 2 is 2.03 bits per heavy atom. The lowest BCUT2D eigenvalue weighted by Gasteiger charge is -2.33. The van der Waals surface area contributed by atoms with Crippen LogP contribution in [0.25, 0.3) is 0 Å². The average Bonchev–Trinajstić information content (AvgIpc) is 3.20. The summed E-state index contributed by atoms with van der Waals surface area (Å²) in [6, 6.07) is 8.54. The summed E-state index contributed by atoms with van der Waals surface area (Å²) >= 11 is 0. The standard InChI is InChI=1S/C20H21N7O3/c1-25-12-9-21-20(25)19(28)14-4-5-16(17(13-14)27(29)30)26-10-6-15(7-11-26)23-18-3-2-8-22-24-18/h2-5,8-9,12-13,15H,6-7,10-11H2,1H3,(H,23,24). The predicted molar refractivity (Wildman–Crippen MR) is 111 cm³/mol. The molecular formula is C20H21N7O3. The molecule has 10 heteroatoms. The van der Waals surface area contributed by atoms with Gasteiger partial charge in [-0.25, -0.2) is 4.98 Å². The van der Waals surface area contributed by atoms with Gasteiger partial charge in [0.2, 0.25) is 5.78 Å². The lowest BCUT2D eigenvalue weighted by molar-refractivity contribution is -0.384. The molecule has 0 aliphatic carbocycles. The van der Waals surface area contributed by atoms with E-state index in [2.05, 4.69) is 20.5 Å². The van der Waals surface area contributed by atoms with Crippen LogP contribution in [0.2, 0.25) is 0 Å². The van der Waals surface area contributed by atoms with Crippen molar-refractivity contribution in [1.29, 1.82) is 0 Å². The molecule has 30 heavy (non-hydrogen) atoms. The van der Waals surface area contributed by atoms with Crippen LogP contribution in [0.1, 0.15) is 29.0 Å². The number of carbonyl (C=O) groups is 1. The molecule has 4 rings (SSSR count). The van der Waals surface area contributed by atoms with Crippen LogP contribution in [0, 0.1) is 10.1 Å². The summed E-state index contributed by atoms with van der Waals surface area (Å²) in [5, 5.41) is 23.0. The monoisotopic (exact) mass is 407 g/mol. The number of rotatable bonds is 6. The Morgan fingerprint density at radius 1 is 1.23 bits per heavy atom. The molecule has 0 saturated carbocycles. The molecule has 0 bridgehead atoms. The first-order valence-corrected chi connectivity index (χ1v) is 9.62. The Labute approximate surface area is 172 Å². The molecule has 3 heterocycles. The van der Waals surface area contributed by atoms with Crippen LogP contribution >= 0.6 is 0 Å². The number of hydrogen-bond acceptors (Lipinski definition) is 8. The van der Waals surface area contributed by atoms with Crippen LogP contribution < -0.4 is 10.2 Å². The zero-order chi connectivity index (χ0) is 21.1. The first kappa shape index (κ1) is 19.5. The summed E-state index contributed by atoms with van der Waals surface area (Å²) in [5.41, 5.74) is 0.698. The number of nitro groups is 1. The molecule has 0 unspecified atom stereocenters.